The van der Waals surface area contributed by atoms with E-state index in [1.54, 1.807) is 0 Å². The predicted octanol–water partition coefficient (Wildman–Crippen LogP) is 1.67. The first kappa shape index (κ1) is 9.25. The number of hydrogen-bond acceptors (Lipinski definition) is 1. The Bertz CT molecular complexity index is 67.3. The average Bonchev–Trinajstić information content (AvgIpc) is 1.64. The Labute approximate surface area is 63.6 Å². The first-order valence-electron chi connectivity index (χ1n) is 3.49. The number of rotatable bonds is 0. The van der Waals surface area contributed by atoms with Crippen LogP contribution >= 0.6 is 12.4 Å². The van der Waals surface area contributed by atoms with Crippen molar-refractivity contribution in [3.05, 3.63) is 0 Å². The van der Waals surface area contributed by atoms with Gasteiger partial charge in [-0.05, 0) is 31.3 Å². The van der Waals surface area contributed by atoms with Crippen molar-refractivity contribution in [1.29, 1.82) is 0 Å². The summed E-state index contributed by atoms with van der Waals surface area (Å²) in [7, 11) is 0. The topological polar surface area (TPSA) is 12.0 Å². The number of nitrogens with one attached hydrogen (secondary N) is 1. The van der Waals surface area contributed by atoms with E-state index in [2.05, 4.69) is 19.2 Å². The van der Waals surface area contributed by atoms with Crippen LogP contribution in [-0.4, -0.2) is 13.1 Å². The van der Waals surface area contributed by atoms with E-state index in [1.165, 1.54) is 19.5 Å². The van der Waals surface area contributed by atoms with Gasteiger partial charge in [0.25, 0.3) is 0 Å². The molecule has 56 valence electrons. The second kappa shape index (κ2) is 4.13. The third kappa shape index (κ3) is 3.07. The summed E-state index contributed by atoms with van der Waals surface area (Å²) in [5, 5.41) is 3.38. The van der Waals surface area contributed by atoms with Gasteiger partial charge in [0.05, 0.1) is 0 Å². The summed E-state index contributed by atoms with van der Waals surface area (Å²) in [5.74, 6) is 1.80. The first-order valence-corrected chi connectivity index (χ1v) is 3.49. The van der Waals surface area contributed by atoms with Crippen LogP contribution < -0.4 is 5.32 Å². The van der Waals surface area contributed by atoms with Crippen molar-refractivity contribution in [3.63, 3.8) is 0 Å². The monoisotopic (exact) mass is 149 g/mol. The summed E-state index contributed by atoms with van der Waals surface area (Å²) in [6.07, 6.45) is 1.41. The van der Waals surface area contributed by atoms with Crippen molar-refractivity contribution in [3.8, 4) is 0 Å². The Hall–Kier alpha value is 0.250. The molecule has 0 aromatic carbocycles. The van der Waals surface area contributed by atoms with Crippen molar-refractivity contribution in [1.82, 2.24) is 5.32 Å². The molecule has 1 saturated heterocycles. The van der Waals surface area contributed by atoms with Crippen molar-refractivity contribution in [2.45, 2.75) is 20.3 Å². The lowest BCUT2D eigenvalue weighted by Crippen LogP contribution is -2.33. The molecule has 0 bridgehead atoms. The van der Waals surface area contributed by atoms with Gasteiger partial charge >= 0.3 is 0 Å². The van der Waals surface area contributed by atoms with Crippen LogP contribution in [0.15, 0.2) is 0 Å². The van der Waals surface area contributed by atoms with E-state index in [0.717, 1.165) is 11.8 Å². The summed E-state index contributed by atoms with van der Waals surface area (Å²) < 4.78 is 0. The predicted molar refractivity (Wildman–Crippen MR) is 43.1 cm³/mol. The Morgan fingerprint density at radius 3 is 1.78 bits per heavy atom. The van der Waals surface area contributed by atoms with Crippen LogP contribution in [-0.2, 0) is 0 Å². The van der Waals surface area contributed by atoms with E-state index in [0.29, 0.717) is 0 Å². The van der Waals surface area contributed by atoms with Gasteiger partial charge < -0.3 is 5.32 Å². The minimum atomic E-state index is 0. The highest BCUT2D eigenvalue weighted by Gasteiger charge is 2.12. The van der Waals surface area contributed by atoms with Crippen molar-refractivity contribution < 1.29 is 0 Å². The summed E-state index contributed by atoms with van der Waals surface area (Å²) in [5.41, 5.74) is 0. The molecule has 0 unspecified atom stereocenters. The Kier molecular flexibility index (Phi) is 4.24. The molecule has 0 saturated carbocycles. The van der Waals surface area contributed by atoms with Gasteiger partial charge in [0.1, 0.15) is 0 Å². The second-order valence-electron chi connectivity index (χ2n) is 3.10. The molecule has 1 heterocycles. The fraction of sp³-hybridized carbons (Fsp3) is 1.00. The van der Waals surface area contributed by atoms with E-state index in [9.17, 15) is 0 Å². The summed E-state index contributed by atoms with van der Waals surface area (Å²) in [6.45, 7) is 7.07. The van der Waals surface area contributed by atoms with Gasteiger partial charge in [0, 0.05) is 0 Å². The summed E-state index contributed by atoms with van der Waals surface area (Å²) in [6, 6.07) is 0. The Morgan fingerprint density at radius 1 is 1.11 bits per heavy atom. The number of halogens is 1. The fourth-order valence-corrected chi connectivity index (χ4v) is 1.43. The maximum atomic E-state index is 3.38. The third-order valence-corrected chi connectivity index (χ3v) is 1.79. The van der Waals surface area contributed by atoms with E-state index >= 15 is 0 Å². The zero-order chi connectivity index (χ0) is 5.98. The minimum Gasteiger partial charge on any atom is -0.316 e. The molecule has 0 radical (unpaired) electrons. The summed E-state index contributed by atoms with van der Waals surface area (Å²) >= 11 is 0. The van der Waals surface area contributed by atoms with Gasteiger partial charge in [-0.25, -0.2) is 0 Å². The van der Waals surface area contributed by atoms with Crippen molar-refractivity contribution >= 4 is 12.4 Å². The maximum absolute atomic E-state index is 3.38. The van der Waals surface area contributed by atoms with Crippen LogP contribution in [0.1, 0.15) is 20.3 Å². The molecule has 1 nitrogen and oxygen atoms in total. The van der Waals surface area contributed by atoms with Crippen LogP contribution in [0.4, 0.5) is 0 Å². The largest absolute Gasteiger partial charge is 0.316 e. The van der Waals surface area contributed by atoms with Crippen molar-refractivity contribution in [2.24, 2.45) is 11.8 Å². The van der Waals surface area contributed by atoms with Gasteiger partial charge in [-0.2, -0.15) is 0 Å². The molecule has 1 N–H and O–H groups in total. The lowest BCUT2D eigenvalue weighted by atomic mass is 9.94. The molecule has 2 heteroatoms. The van der Waals surface area contributed by atoms with Gasteiger partial charge in [-0.15, -0.1) is 12.4 Å². The van der Waals surface area contributed by atoms with E-state index in [4.69, 9.17) is 0 Å². The number of hydrogen-bond donors (Lipinski definition) is 1. The van der Waals surface area contributed by atoms with E-state index in [1.807, 2.05) is 0 Å². The van der Waals surface area contributed by atoms with Gasteiger partial charge in [-0.3, -0.25) is 0 Å². The molecule has 0 aromatic heterocycles. The van der Waals surface area contributed by atoms with E-state index in [-0.39, 0.29) is 12.4 Å². The Balaban J connectivity index is 0.000000640. The molecule has 1 aliphatic heterocycles. The van der Waals surface area contributed by atoms with Crippen molar-refractivity contribution in [2.75, 3.05) is 13.1 Å². The molecule has 1 aliphatic rings. The zero-order valence-electron chi connectivity index (χ0n) is 6.18. The molecule has 0 spiro atoms. The molecule has 1 rings (SSSR count). The van der Waals surface area contributed by atoms with Crippen LogP contribution in [0.3, 0.4) is 0 Å². The molecule has 1 fully saturated rings. The lowest BCUT2D eigenvalue weighted by molar-refractivity contribution is 0.321. The molecule has 0 aliphatic carbocycles. The molecular weight excluding hydrogens is 134 g/mol. The molecule has 0 amide bonds. The maximum Gasteiger partial charge on any atom is -0.00229 e. The fourth-order valence-electron chi connectivity index (χ4n) is 1.43. The highest BCUT2D eigenvalue weighted by Crippen LogP contribution is 2.13. The average molecular weight is 150 g/mol. The van der Waals surface area contributed by atoms with Gasteiger partial charge in [0.2, 0.25) is 0 Å². The SMILES string of the molecule is C[C@H]1CNC[C@H](C)C1.Cl. The minimum absolute atomic E-state index is 0. The Morgan fingerprint density at radius 2 is 1.56 bits per heavy atom. The summed E-state index contributed by atoms with van der Waals surface area (Å²) in [4.78, 5) is 0. The van der Waals surface area contributed by atoms with Crippen LogP contribution in [0, 0.1) is 11.8 Å². The quantitative estimate of drug-likeness (QED) is 0.553. The van der Waals surface area contributed by atoms with Gasteiger partial charge in [-0.1, -0.05) is 13.8 Å². The third-order valence-electron chi connectivity index (χ3n) is 1.79. The lowest BCUT2D eigenvalue weighted by Gasteiger charge is -2.24. The van der Waals surface area contributed by atoms with Crippen LogP contribution in [0.5, 0.6) is 0 Å². The molecule has 9 heavy (non-hydrogen) atoms. The normalized spacial score (nSPS) is 35.3. The smallest absolute Gasteiger partial charge is 0.00229 e. The van der Waals surface area contributed by atoms with Crippen LogP contribution in [0.25, 0.3) is 0 Å². The molecular formula is C7H16ClN. The molecule has 2 atom stereocenters. The van der Waals surface area contributed by atoms with Gasteiger partial charge in [0.15, 0.2) is 0 Å². The van der Waals surface area contributed by atoms with Crippen LogP contribution in [0.2, 0.25) is 0 Å². The standard InChI is InChI=1S/C7H15N.ClH/c1-6-3-7(2)5-8-4-6;/h6-8H,3-5H2,1-2H3;1H/t6-,7-;/m1./s1. The first-order chi connectivity index (χ1) is 3.79. The molecule has 0 aromatic rings. The highest BCUT2D eigenvalue weighted by atomic mass is 35.5. The zero-order valence-corrected chi connectivity index (χ0v) is 7.00. The highest BCUT2D eigenvalue weighted by molar-refractivity contribution is 5.85. The second-order valence-corrected chi connectivity index (χ2v) is 3.10. The number of piperidine rings is 1. The van der Waals surface area contributed by atoms with E-state index < -0.39 is 0 Å².